The van der Waals surface area contributed by atoms with Gasteiger partial charge in [-0.15, -0.1) is 0 Å². The molecule has 0 spiro atoms. The summed E-state index contributed by atoms with van der Waals surface area (Å²) in [6, 6.07) is 5.63. The maximum Gasteiger partial charge on any atom is 0.215 e. The molecule has 4 heterocycles. The van der Waals surface area contributed by atoms with Crippen molar-refractivity contribution in [1.29, 1.82) is 5.41 Å². The Bertz CT molecular complexity index is 1110. The fourth-order valence-electron chi connectivity index (χ4n) is 3.42. The zero-order valence-electron chi connectivity index (χ0n) is 16.0. The molecule has 0 radical (unpaired) electrons. The summed E-state index contributed by atoms with van der Waals surface area (Å²) >= 11 is 0. The molecule has 0 bridgehead atoms. The van der Waals surface area contributed by atoms with Crippen molar-refractivity contribution in [3.63, 3.8) is 0 Å². The Balaban J connectivity index is 1.99. The molecule has 7 nitrogen and oxygen atoms in total. The number of ether oxygens (including phenoxy) is 1. The van der Waals surface area contributed by atoms with Gasteiger partial charge >= 0.3 is 0 Å². The molecule has 3 aromatic heterocycles. The van der Waals surface area contributed by atoms with E-state index in [2.05, 4.69) is 14.9 Å². The van der Waals surface area contributed by atoms with Crippen molar-refractivity contribution in [2.75, 3.05) is 31.2 Å². The first-order valence-electron chi connectivity index (χ1n) is 9.30. The molecule has 0 saturated carbocycles. The van der Waals surface area contributed by atoms with Gasteiger partial charge in [0.15, 0.2) is 0 Å². The minimum absolute atomic E-state index is 0.358. The highest BCUT2D eigenvalue weighted by molar-refractivity contribution is 6.01. The minimum Gasteiger partial charge on any atom is -0.397 e. The number of allylic oxidation sites excluding steroid dienone is 1. The molecule has 0 aromatic carbocycles. The van der Waals surface area contributed by atoms with Crippen molar-refractivity contribution in [2.45, 2.75) is 6.92 Å². The minimum atomic E-state index is -0.485. The number of rotatable bonds is 4. The van der Waals surface area contributed by atoms with Crippen LogP contribution in [-0.4, -0.2) is 47.5 Å². The summed E-state index contributed by atoms with van der Waals surface area (Å²) in [4.78, 5) is 15.3. The summed E-state index contributed by atoms with van der Waals surface area (Å²) in [6.07, 6.45) is 5.78. The van der Waals surface area contributed by atoms with Crippen LogP contribution in [0.25, 0.3) is 27.7 Å². The molecule has 8 heteroatoms. The summed E-state index contributed by atoms with van der Waals surface area (Å²) in [5.41, 5.74) is 9.77. The summed E-state index contributed by atoms with van der Waals surface area (Å²) in [7, 11) is 0. The van der Waals surface area contributed by atoms with Crippen LogP contribution in [0.5, 0.6) is 0 Å². The molecule has 1 saturated heterocycles. The molecule has 0 unspecified atom stereocenters. The maximum absolute atomic E-state index is 13.8. The van der Waals surface area contributed by atoms with Crippen LogP contribution >= 0.6 is 0 Å². The molecule has 4 rings (SSSR count). The Morgan fingerprint density at radius 2 is 2.07 bits per heavy atom. The van der Waals surface area contributed by atoms with Crippen molar-refractivity contribution in [1.82, 2.24) is 15.0 Å². The quantitative estimate of drug-likeness (QED) is 0.523. The predicted molar refractivity (Wildman–Crippen MR) is 111 cm³/mol. The van der Waals surface area contributed by atoms with Crippen LogP contribution < -0.4 is 10.6 Å². The van der Waals surface area contributed by atoms with Gasteiger partial charge in [-0.1, -0.05) is 0 Å². The van der Waals surface area contributed by atoms with Gasteiger partial charge in [-0.05, 0) is 36.8 Å². The van der Waals surface area contributed by atoms with Gasteiger partial charge in [-0.3, -0.25) is 4.98 Å². The third-order valence-electron chi connectivity index (χ3n) is 4.91. The van der Waals surface area contributed by atoms with E-state index in [-0.39, 0.29) is 0 Å². The van der Waals surface area contributed by atoms with Gasteiger partial charge < -0.3 is 20.8 Å². The van der Waals surface area contributed by atoms with Gasteiger partial charge in [-0.25, -0.2) is 9.97 Å². The summed E-state index contributed by atoms with van der Waals surface area (Å²) in [5.74, 6) is 0.288. The average molecular weight is 392 g/mol. The van der Waals surface area contributed by atoms with E-state index in [0.29, 0.717) is 35.7 Å². The van der Waals surface area contributed by atoms with Crippen LogP contribution in [0.3, 0.4) is 0 Å². The second-order valence-corrected chi connectivity index (χ2v) is 6.80. The van der Waals surface area contributed by atoms with E-state index in [9.17, 15) is 4.39 Å². The van der Waals surface area contributed by atoms with E-state index in [1.165, 1.54) is 12.3 Å². The topological polar surface area (TPSA) is 101 Å². The number of aryl methyl sites for hydroxylation is 1. The lowest BCUT2D eigenvalue weighted by molar-refractivity contribution is 0.122. The van der Waals surface area contributed by atoms with Gasteiger partial charge in [-0.2, -0.15) is 4.39 Å². The van der Waals surface area contributed by atoms with Crippen LogP contribution in [0.4, 0.5) is 10.2 Å². The zero-order chi connectivity index (χ0) is 20.4. The molecule has 0 aliphatic carbocycles. The highest BCUT2D eigenvalue weighted by atomic mass is 19.1. The number of hydrogen-bond donors (Lipinski definition) is 2. The highest BCUT2D eigenvalue weighted by Crippen LogP contribution is 2.33. The smallest absolute Gasteiger partial charge is 0.215 e. The molecule has 0 amide bonds. The number of morpholine rings is 1. The van der Waals surface area contributed by atoms with Crippen LogP contribution in [0.1, 0.15) is 11.3 Å². The van der Waals surface area contributed by atoms with Crippen LogP contribution in [0.2, 0.25) is 0 Å². The van der Waals surface area contributed by atoms with E-state index in [4.69, 9.17) is 20.9 Å². The van der Waals surface area contributed by atoms with Crippen molar-refractivity contribution in [3.8, 4) is 11.1 Å². The van der Waals surface area contributed by atoms with E-state index < -0.39 is 5.95 Å². The molecule has 1 aliphatic rings. The molecule has 3 aromatic rings. The average Bonchev–Trinajstić information content (AvgIpc) is 2.75. The first kappa shape index (κ1) is 18.9. The Morgan fingerprint density at radius 3 is 2.79 bits per heavy atom. The maximum atomic E-state index is 13.8. The monoisotopic (exact) mass is 392 g/mol. The fourth-order valence-corrected chi connectivity index (χ4v) is 3.42. The van der Waals surface area contributed by atoms with E-state index in [0.717, 1.165) is 41.6 Å². The number of nitrogens with one attached hydrogen (secondary N) is 1. The van der Waals surface area contributed by atoms with Crippen LogP contribution in [0.15, 0.2) is 36.7 Å². The van der Waals surface area contributed by atoms with E-state index in [1.807, 2.05) is 12.1 Å². The normalized spacial score (nSPS) is 15.0. The lowest BCUT2D eigenvalue weighted by Gasteiger charge is -2.28. The summed E-state index contributed by atoms with van der Waals surface area (Å²) < 4.78 is 19.2. The highest BCUT2D eigenvalue weighted by Gasteiger charge is 2.19. The van der Waals surface area contributed by atoms with Crippen LogP contribution in [-0.2, 0) is 4.74 Å². The fraction of sp³-hybridized carbons (Fsp3) is 0.238. The number of hydrogen-bond acceptors (Lipinski definition) is 7. The standard InChI is InChI=1S/C21H21FN6O/c1-13-10-14(12-26-21(13)22)16-11-18(28-6-8-29-9-7-28)27-19-15(16)3-5-25-20(19)17(24)2-4-23/h2-5,10-12,23H,6-9,24H2,1H3/b17-2-,23-4?. The number of nitrogens with zero attached hydrogens (tertiary/aromatic N) is 4. The zero-order valence-corrected chi connectivity index (χ0v) is 16.0. The van der Waals surface area contributed by atoms with Crippen molar-refractivity contribution in [2.24, 2.45) is 5.73 Å². The molecular formula is C21H21FN6O. The Labute approximate surface area is 167 Å². The number of nitrogens with two attached hydrogens (primary N) is 1. The van der Waals surface area contributed by atoms with Crippen molar-refractivity contribution in [3.05, 3.63) is 53.9 Å². The Hall–Kier alpha value is -3.39. The van der Waals surface area contributed by atoms with Gasteiger partial charge in [0.25, 0.3) is 0 Å². The second kappa shape index (κ2) is 7.92. The van der Waals surface area contributed by atoms with E-state index in [1.54, 1.807) is 19.2 Å². The first-order chi connectivity index (χ1) is 14.1. The summed E-state index contributed by atoms with van der Waals surface area (Å²) in [5, 5.41) is 8.15. The van der Waals surface area contributed by atoms with E-state index >= 15 is 0 Å². The van der Waals surface area contributed by atoms with Crippen molar-refractivity contribution < 1.29 is 9.13 Å². The van der Waals surface area contributed by atoms with Crippen LogP contribution in [0, 0.1) is 18.3 Å². The SMILES string of the molecule is Cc1cc(-c2cc(N3CCOCC3)nc3c(/C(N)=C/C=N)nccc23)cnc1F. The number of aromatic nitrogens is 3. The molecule has 148 valence electrons. The lowest BCUT2D eigenvalue weighted by atomic mass is 10.0. The number of pyridine rings is 3. The first-order valence-corrected chi connectivity index (χ1v) is 9.30. The Morgan fingerprint density at radius 1 is 1.28 bits per heavy atom. The van der Waals surface area contributed by atoms with Crippen molar-refractivity contribution >= 4 is 28.6 Å². The Kier molecular flexibility index (Phi) is 5.18. The van der Waals surface area contributed by atoms with Gasteiger partial charge in [0.05, 0.1) is 18.9 Å². The van der Waals surface area contributed by atoms with Gasteiger partial charge in [0.2, 0.25) is 5.95 Å². The number of fused-ring (bicyclic) bond motifs is 1. The molecule has 1 fully saturated rings. The third kappa shape index (κ3) is 3.66. The second-order valence-electron chi connectivity index (χ2n) is 6.80. The molecule has 0 atom stereocenters. The van der Waals surface area contributed by atoms with Gasteiger partial charge in [0.1, 0.15) is 17.0 Å². The molecule has 3 N–H and O–H groups in total. The predicted octanol–water partition coefficient (Wildman–Crippen LogP) is 2.93. The molecule has 1 aliphatic heterocycles. The molecular weight excluding hydrogens is 371 g/mol. The van der Waals surface area contributed by atoms with Gasteiger partial charge in [0, 0.05) is 48.2 Å². The molecule has 29 heavy (non-hydrogen) atoms. The largest absolute Gasteiger partial charge is 0.397 e. The third-order valence-corrected chi connectivity index (χ3v) is 4.91. The number of anilines is 1. The number of halogens is 1. The summed E-state index contributed by atoms with van der Waals surface area (Å²) in [6.45, 7) is 4.39. The lowest BCUT2D eigenvalue weighted by Crippen LogP contribution is -2.36.